The van der Waals surface area contributed by atoms with Gasteiger partial charge in [-0.3, -0.25) is 4.79 Å². The zero-order valence-electron chi connectivity index (χ0n) is 11.7. The molecule has 0 aliphatic carbocycles. The van der Waals surface area contributed by atoms with Crippen molar-refractivity contribution in [2.45, 2.75) is 25.8 Å². The molecule has 1 fully saturated rings. The molecule has 0 aromatic heterocycles. The molecule has 0 radical (unpaired) electrons. The normalized spacial score (nSPS) is 18.3. The molecule has 21 heavy (non-hydrogen) atoms. The maximum absolute atomic E-state index is 12.2. The molecule has 5 nitrogen and oxygen atoms in total. The van der Waals surface area contributed by atoms with Crippen molar-refractivity contribution >= 4 is 27.9 Å². The van der Waals surface area contributed by atoms with Crippen molar-refractivity contribution in [3.63, 3.8) is 0 Å². The van der Waals surface area contributed by atoms with E-state index in [1.165, 1.54) is 0 Å². The van der Waals surface area contributed by atoms with Crippen LogP contribution < -0.4 is 5.32 Å². The molecule has 1 atom stereocenters. The molecule has 0 bridgehead atoms. The molecule has 114 valence electrons. The zero-order chi connectivity index (χ0) is 15.2. The molecule has 2 N–H and O–H groups in total. The first-order chi connectivity index (χ1) is 10.1. The Morgan fingerprint density at radius 2 is 2.14 bits per heavy atom. The lowest BCUT2D eigenvalue weighted by Gasteiger charge is -2.32. The molecule has 2 rings (SSSR count). The second-order valence-corrected chi connectivity index (χ2v) is 6.16. The quantitative estimate of drug-likeness (QED) is 0.873. The third kappa shape index (κ3) is 4.74. The average Bonchev–Trinajstić information content (AvgIpc) is 2.45. The second kappa shape index (κ2) is 7.45. The standard InChI is InChI=1S/C15H19BrN2O3/c16-13-6-2-1-5-12(13)9-17-15(21)18-7-3-4-11(10-18)8-14(19)20/h1-2,5-6,11H,3-4,7-10H2,(H,17,21)(H,19,20). The van der Waals surface area contributed by atoms with Crippen molar-refractivity contribution in [2.24, 2.45) is 5.92 Å². The van der Waals surface area contributed by atoms with Crippen LogP contribution in [0.1, 0.15) is 24.8 Å². The molecular formula is C15H19BrN2O3. The lowest BCUT2D eigenvalue weighted by atomic mass is 9.95. The zero-order valence-corrected chi connectivity index (χ0v) is 13.3. The highest BCUT2D eigenvalue weighted by Crippen LogP contribution is 2.20. The molecule has 0 spiro atoms. The highest BCUT2D eigenvalue weighted by molar-refractivity contribution is 9.10. The third-order valence-electron chi connectivity index (χ3n) is 3.66. The molecule has 1 unspecified atom stereocenters. The van der Waals surface area contributed by atoms with Crippen LogP contribution in [0, 0.1) is 5.92 Å². The van der Waals surface area contributed by atoms with Gasteiger partial charge < -0.3 is 15.3 Å². The summed E-state index contributed by atoms with van der Waals surface area (Å²) in [4.78, 5) is 24.7. The number of carbonyl (C=O) groups is 2. The number of amides is 2. The first kappa shape index (κ1) is 15.8. The highest BCUT2D eigenvalue weighted by atomic mass is 79.9. The summed E-state index contributed by atoms with van der Waals surface area (Å²) >= 11 is 3.45. The third-order valence-corrected chi connectivity index (χ3v) is 4.43. The van der Waals surface area contributed by atoms with Crippen molar-refractivity contribution < 1.29 is 14.7 Å². The molecule has 2 amide bonds. The van der Waals surface area contributed by atoms with Crippen LogP contribution in [0.2, 0.25) is 0 Å². The lowest BCUT2D eigenvalue weighted by Crippen LogP contribution is -2.45. The van der Waals surface area contributed by atoms with Gasteiger partial charge in [0.05, 0.1) is 0 Å². The van der Waals surface area contributed by atoms with Crippen LogP contribution in [0.25, 0.3) is 0 Å². The summed E-state index contributed by atoms with van der Waals surface area (Å²) in [6.07, 6.45) is 1.87. The molecule has 1 heterocycles. The van der Waals surface area contributed by atoms with E-state index in [-0.39, 0.29) is 18.4 Å². The number of likely N-dealkylation sites (tertiary alicyclic amines) is 1. The van der Waals surface area contributed by atoms with Crippen molar-refractivity contribution in [2.75, 3.05) is 13.1 Å². The number of urea groups is 1. The Labute approximate surface area is 132 Å². The summed E-state index contributed by atoms with van der Waals surface area (Å²) in [5, 5.41) is 11.7. The van der Waals surface area contributed by atoms with E-state index in [2.05, 4.69) is 21.2 Å². The van der Waals surface area contributed by atoms with Gasteiger partial charge in [-0.2, -0.15) is 0 Å². The second-order valence-electron chi connectivity index (χ2n) is 5.30. The fourth-order valence-corrected chi connectivity index (χ4v) is 3.01. The maximum atomic E-state index is 12.2. The van der Waals surface area contributed by atoms with E-state index in [0.29, 0.717) is 19.6 Å². The van der Waals surface area contributed by atoms with E-state index in [4.69, 9.17) is 5.11 Å². The van der Waals surface area contributed by atoms with Gasteiger partial charge >= 0.3 is 12.0 Å². The minimum Gasteiger partial charge on any atom is -0.481 e. The van der Waals surface area contributed by atoms with Gasteiger partial charge in [-0.15, -0.1) is 0 Å². The molecule has 0 saturated carbocycles. The smallest absolute Gasteiger partial charge is 0.317 e. The minimum absolute atomic E-state index is 0.0606. The fraction of sp³-hybridized carbons (Fsp3) is 0.467. The van der Waals surface area contributed by atoms with Crippen molar-refractivity contribution in [1.29, 1.82) is 0 Å². The van der Waals surface area contributed by atoms with Gasteiger partial charge in [0.2, 0.25) is 0 Å². The van der Waals surface area contributed by atoms with Crippen molar-refractivity contribution in [3.05, 3.63) is 34.3 Å². The van der Waals surface area contributed by atoms with Crippen LogP contribution in [-0.2, 0) is 11.3 Å². The summed E-state index contributed by atoms with van der Waals surface area (Å²) < 4.78 is 0.965. The summed E-state index contributed by atoms with van der Waals surface area (Å²) in [6.45, 7) is 1.67. The largest absolute Gasteiger partial charge is 0.481 e. The Morgan fingerprint density at radius 1 is 1.38 bits per heavy atom. The molecule has 1 aromatic carbocycles. The van der Waals surface area contributed by atoms with Gasteiger partial charge in [0, 0.05) is 30.5 Å². The van der Waals surface area contributed by atoms with E-state index >= 15 is 0 Å². The number of piperidine rings is 1. The number of carboxylic acids is 1. The molecule has 1 aromatic rings. The van der Waals surface area contributed by atoms with E-state index < -0.39 is 5.97 Å². The predicted molar refractivity (Wildman–Crippen MR) is 82.9 cm³/mol. The monoisotopic (exact) mass is 354 g/mol. The van der Waals surface area contributed by atoms with Gasteiger partial charge in [-0.1, -0.05) is 34.1 Å². The van der Waals surface area contributed by atoms with Gasteiger partial charge in [-0.25, -0.2) is 4.79 Å². The Balaban J connectivity index is 1.85. The molecule has 6 heteroatoms. The molecular weight excluding hydrogens is 336 g/mol. The predicted octanol–water partition coefficient (Wildman–Crippen LogP) is 2.85. The summed E-state index contributed by atoms with van der Waals surface area (Å²) in [5.74, 6) is -0.735. The summed E-state index contributed by atoms with van der Waals surface area (Å²) in [7, 11) is 0. The topological polar surface area (TPSA) is 69.6 Å². The molecule has 1 aliphatic heterocycles. The maximum Gasteiger partial charge on any atom is 0.317 e. The average molecular weight is 355 g/mol. The number of nitrogens with one attached hydrogen (secondary N) is 1. The Hall–Kier alpha value is -1.56. The first-order valence-electron chi connectivity index (χ1n) is 7.04. The van der Waals surface area contributed by atoms with E-state index in [1.807, 2.05) is 24.3 Å². The van der Waals surface area contributed by atoms with Gasteiger partial charge in [-0.05, 0) is 30.4 Å². The Morgan fingerprint density at radius 3 is 2.86 bits per heavy atom. The van der Waals surface area contributed by atoms with E-state index in [1.54, 1.807) is 4.90 Å². The van der Waals surface area contributed by atoms with Gasteiger partial charge in [0.1, 0.15) is 0 Å². The van der Waals surface area contributed by atoms with Crippen LogP contribution in [0.3, 0.4) is 0 Å². The highest BCUT2D eigenvalue weighted by Gasteiger charge is 2.25. The SMILES string of the molecule is O=C(O)CC1CCCN(C(=O)NCc2ccccc2Br)C1. The number of rotatable bonds is 4. The fourth-order valence-electron chi connectivity index (χ4n) is 2.59. The Bertz CT molecular complexity index is 521. The van der Waals surface area contributed by atoms with Crippen LogP contribution >= 0.6 is 15.9 Å². The number of halogens is 1. The van der Waals surface area contributed by atoms with Gasteiger partial charge in [0.15, 0.2) is 0 Å². The van der Waals surface area contributed by atoms with Gasteiger partial charge in [0.25, 0.3) is 0 Å². The number of carboxylic acid groups (broad SMARTS) is 1. The molecule has 1 saturated heterocycles. The van der Waals surface area contributed by atoms with Crippen LogP contribution in [0.5, 0.6) is 0 Å². The summed E-state index contributed by atoms with van der Waals surface area (Å²) in [6, 6.07) is 7.62. The number of hydrogen-bond donors (Lipinski definition) is 2. The molecule has 1 aliphatic rings. The number of hydrogen-bond acceptors (Lipinski definition) is 2. The number of carbonyl (C=O) groups excluding carboxylic acids is 1. The van der Waals surface area contributed by atoms with Crippen molar-refractivity contribution in [3.8, 4) is 0 Å². The van der Waals surface area contributed by atoms with Crippen LogP contribution in [0.4, 0.5) is 4.79 Å². The Kier molecular flexibility index (Phi) is 5.61. The minimum atomic E-state index is -0.796. The van der Waals surface area contributed by atoms with E-state index in [9.17, 15) is 9.59 Å². The summed E-state index contributed by atoms with van der Waals surface area (Å²) in [5.41, 5.74) is 1.02. The van der Waals surface area contributed by atoms with Crippen molar-refractivity contribution in [1.82, 2.24) is 10.2 Å². The van der Waals surface area contributed by atoms with Crippen LogP contribution in [0.15, 0.2) is 28.7 Å². The number of nitrogens with zero attached hydrogens (tertiary/aromatic N) is 1. The first-order valence-corrected chi connectivity index (χ1v) is 7.83. The number of benzene rings is 1. The lowest BCUT2D eigenvalue weighted by molar-refractivity contribution is -0.138. The van der Waals surface area contributed by atoms with E-state index in [0.717, 1.165) is 22.9 Å². The van der Waals surface area contributed by atoms with Crippen LogP contribution in [-0.4, -0.2) is 35.1 Å². The number of aliphatic carboxylic acids is 1.